The van der Waals surface area contributed by atoms with Crippen LogP contribution < -0.4 is 22.7 Å². The van der Waals surface area contributed by atoms with Crippen molar-refractivity contribution in [3.63, 3.8) is 0 Å². The van der Waals surface area contributed by atoms with Crippen LogP contribution >= 0.6 is 23.2 Å². The van der Waals surface area contributed by atoms with Gasteiger partial charge in [0.2, 0.25) is 0 Å². The molecule has 2 nitrogen and oxygen atoms in total. The summed E-state index contributed by atoms with van der Waals surface area (Å²) in [7, 11) is 0. The Morgan fingerprint density at radius 2 is 1.65 bits per heavy atom. The second-order valence-electron chi connectivity index (χ2n) is 3.55. The highest BCUT2D eigenvalue weighted by molar-refractivity contribution is 6.41. The third-order valence-corrected chi connectivity index (χ3v) is 3.01. The molecule has 90 valence electrons. The number of pyridine rings is 1. The van der Waals surface area contributed by atoms with E-state index >= 15 is 0 Å². The second kappa shape index (κ2) is 6.10. The summed E-state index contributed by atoms with van der Waals surface area (Å²) in [6.07, 6.45) is 3.86. The van der Waals surface area contributed by atoms with Crippen molar-refractivity contribution in [2.75, 3.05) is 5.73 Å². The highest BCUT2D eigenvalue weighted by atomic mass is 35.5. The number of benzene rings is 1. The van der Waals surface area contributed by atoms with Crippen molar-refractivity contribution in [3.05, 3.63) is 58.3 Å². The van der Waals surface area contributed by atoms with Gasteiger partial charge in [-0.25, -0.2) is 4.57 Å². The Bertz CT molecular complexity index is 498. The van der Waals surface area contributed by atoms with Gasteiger partial charge in [0.1, 0.15) is 0 Å². The standard InChI is InChI=1S/C12H10Cl2N2.ClH/c13-11-2-1-9(7-12(11)14)8-16-5-3-10(15)4-6-16;/h1-7,15H,8H2;1H. The average Bonchev–Trinajstić information content (AvgIpc) is 2.27. The number of hydrogen-bond donors (Lipinski definition) is 1. The minimum Gasteiger partial charge on any atom is -1.00 e. The molecule has 0 radical (unpaired) electrons. The van der Waals surface area contributed by atoms with Gasteiger partial charge in [-0.2, -0.15) is 0 Å². The SMILES string of the molecule is Nc1cc[n+](Cc2ccc(Cl)c(Cl)c2)cc1.[Cl-]. The minimum atomic E-state index is 0. The van der Waals surface area contributed by atoms with Crippen LogP contribution in [0.2, 0.25) is 10.0 Å². The fourth-order valence-electron chi connectivity index (χ4n) is 1.42. The van der Waals surface area contributed by atoms with Gasteiger partial charge in [0.25, 0.3) is 0 Å². The summed E-state index contributed by atoms with van der Waals surface area (Å²) in [6, 6.07) is 9.34. The summed E-state index contributed by atoms with van der Waals surface area (Å²) in [6.45, 7) is 0.747. The minimum absolute atomic E-state index is 0. The zero-order valence-electron chi connectivity index (χ0n) is 8.91. The van der Waals surface area contributed by atoms with Crippen LogP contribution in [0.15, 0.2) is 42.7 Å². The lowest BCUT2D eigenvalue weighted by atomic mass is 10.2. The van der Waals surface area contributed by atoms with E-state index in [-0.39, 0.29) is 12.4 Å². The van der Waals surface area contributed by atoms with Crippen molar-refractivity contribution in [2.45, 2.75) is 6.54 Å². The number of nitrogen functional groups attached to an aromatic ring is 1. The van der Waals surface area contributed by atoms with E-state index in [4.69, 9.17) is 28.9 Å². The van der Waals surface area contributed by atoms with E-state index in [9.17, 15) is 0 Å². The lowest BCUT2D eigenvalue weighted by molar-refractivity contribution is -0.688. The molecule has 0 saturated carbocycles. The zero-order valence-corrected chi connectivity index (χ0v) is 11.2. The molecule has 0 atom stereocenters. The van der Waals surface area contributed by atoms with E-state index in [0.29, 0.717) is 10.0 Å². The predicted molar refractivity (Wildman–Crippen MR) is 66.6 cm³/mol. The molecular weight excluding hydrogens is 279 g/mol. The van der Waals surface area contributed by atoms with Crippen molar-refractivity contribution in [3.8, 4) is 0 Å². The fourth-order valence-corrected chi connectivity index (χ4v) is 1.74. The van der Waals surface area contributed by atoms with E-state index in [1.165, 1.54) is 0 Å². The molecule has 2 N–H and O–H groups in total. The van der Waals surface area contributed by atoms with Crippen LogP contribution in [0.5, 0.6) is 0 Å². The molecule has 17 heavy (non-hydrogen) atoms. The van der Waals surface area contributed by atoms with Crippen LogP contribution in [0.3, 0.4) is 0 Å². The lowest BCUT2D eigenvalue weighted by Crippen LogP contribution is -3.00. The van der Waals surface area contributed by atoms with Gasteiger partial charge in [-0.05, 0) is 12.1 Å². The maximum atomic E-state index is 5.94. The largest absolute Gasteiger partial charge is 1.00 e. The number of nitrogens with zero attached hydrogens (tertiary/aromatic N) is 1. The summed E-state index contributed by atoms with van der Waals surface area (Å²) in [5.41, 5.74) is 7.47. The zero-order chi connectivity index (χ0) is 11.5. The van der Waals surface area contributed by atoms with Gasteiger partial charge < -0.3 is 18.1 Å². The van der Waals surface area contributed by atoms with Crippen LogP contribution in [0, 0.1) is 0 Å². The van der Waals surface area contributed by atoms with Gasteiger partial charge in [-0.1, -0.05) is 29.3 Å². The van der Waals surface area contributed by atoms with E-state index in [1.54, 1.807) is 6.07 Å². The summed E-state index contributed by atoms with van der Waals surface area (Å²) >= 11 is 11.8. The number of halogens is 3. The number of hydrogen-bond acceptors (Lipinski definition) is 1. The van der Waals surface area contributed by atoms with Crippen molar-refractivity contribution in [1.82, 2.24) is 0 Å². The van der Waals surface area contributed by atoms with Crippen LogP contribution in [0.4, 0.5) is 5.69 Å². The van der Waals surface area contributed by atoms with Gasteiger partial charge in [0.05, 0.1) is 10.0 Å². The molecule has 0 aliphatic carbocycles. The Balaban J connectivity index is 0.00000144. The molecule has 0 amide bonds. The van der Waals surface area contributed by atoms with Gasteiger partial charge in [0.15, 0.2) is 18.9 Å². The maximum Gasteiger partial charge on any atom is 0.173 e. The summed E-state index contributed by atoms with van der Waals surface area (Å²) < 4.78 is 2.02. The van der Waals surface area contributed by atoms with E-state index in [2.05, 4.69) is 0 Å². The molecule has 0 saturated heterocycles. The quantitative estimate of drug-likeness (QED) is 0.770. The first-order valence-corrected chi connectivity index (χ1v) is 5.59. The topological polar surface area (TPSA) is 29.9 Å². The number of nitrogens with two attached hydrogens (primary N) is 1. The molecule has 5 heteroatoms. The Morgan fingerprint density at radius 1 is 1.00 bits per heavy atom. The van der Waals surface area contributed by atoms with Gasteiger partial charge in [-0.3, -0.25) is 0 Å². The molecule has 0 bridgehead atoms. The Morgan fingerprint density at radius 3 is 2.24 bits per heavy atom. The van der Waals surface area contributed by atoms with E-state index in [1.807, 2.05) is 41.2 Å². The van der Waals surface area contributed by atoms with Crippen molar-refractivity contribution in [1.29, 1.82) is 0 Å². The predicted octanol–water partition coefficient (Wildman–Crippen LogP) is -0.0846. The van der Waals surface area contributed by atoms with Crippen LogP contribution in [-0.4, -0.2) is 0 Å². The maximum absolute atomic E-state index is 5.94. The summed E-state index contributed by atoms with van der Waals surface area (Å²) in [5, 5.41) is 1.16. The second-order valence-corrected chi connectivity index (χ2v) is 4.37. The van der Waals surface area contributed by atoms with Crippen LogP contribution in [0.25, 0.3) is 0 Å². The molecule has 1 heterocycles. The molecule has 0 unspecified atom stereocenters. The Kier molecular flexibility index (Phi) is 5.06. The first-order chi connectivity index (χ1) is 7.65. The molecule has 1 aromatic heterocycles. The van der Waals surface area contributed by atoms with Crippen LogP contribution in [0.1, 0.15) is 5.56 Å². The molecule has 0 fully saturated rings. The molecule has 0 aliphatic heterocycles. The van der Waals surface area contributed by atoms with Crippen molar-refractivity contribution >= 4 is 28.9 Å². The summed E-state index contributed by atoms with van der Waals surface area (Å²) in [4.78, 5) is 0. The first kappa shape index (κ1) is 14.1. The van der Waals surface area contributed by atoms with Crippen molar-refractivity contribution < 1.29 is 17.0 Å². The number of aromatic nitrogens is 1. The van der Waals surface area contributed by atoms with Crippen molar-refractivity contribution in [2.24, 2.45) is 0 Å². The number of rotatable bonds is 2. The van der Waals surface area contributed by atoms with E-state index < -0.39 is 0 Å². The highest BCUT2D eigenvalue weighted by Gasteiger charge is 2.04. The van der Waals surface area contributed by atoms with Gasteiger partial charge in [-0.15, -0.1) is 0 Å². The lowest BCUT2D eigenvalue weighted by Gasteiger charge is -2.00. The van der Waals surface area contributed by atoms with E-state index in [0.717, 1.165) is 17.8 Å². The molecule has 2 aromatic rings. The molecule has 1 aromatic carbocycles. The Hall–Kier alpha value is -0.960. The summed E-state index contributed by atoms with van der Waals surface area (Å²) in [5.74, 6) is 0. The smallest absolute Gasteiger partial charge is 0.173 e. The highest BCUT2D eigenvalue weighted by Crippen LogP contribution is 2.22. The third kappa shape index (κ3) is 3.77. The Labute approximate surface area is 116 Å². The van der Waals surface area contributed by atoms with Gasteiger partial charge >= 0.3 is 0 Å². The normalized spacial score (nSPS) is 9.76. The van der Waals surface area contributed by atoms with Gasteiger partial charge in [0, 0.05) is 23.4 Å². The molecular formula is C12H11Cl3N2. The monoisotopic (exact) mass is 288 g/mol. The third-order valence-electron chi connectivity index (χ3n) is 2.27. The molecule has 0 spiro atoms. The average molecular weight is 290 g/mol. The molecule has 2 rings (SSSR count). The number of anilines is 1. The molecule has 0 aliphatic rings. The fraction of sp³-hybridized carbons (Fsp3) is 0.0833. The van der Waals surface area contributed by atoms with Crippen LogP contribution in [-0.2, 0) is 6.54 Å². The first-order valence-electron chi connectivity index (χ1n) is 4.83.